The maximum atomic E-state index is 14.2. The van der Waals surface area contributed by atoms with Crippen LogP contribution in [0.4, 0.5) is 10.2 Å². The minimum atomic E-state index is -1.16. The molecule has 0 spiro atoms. The van der Waals surface area contributed by atoms with Crippen molar-refractivity contribution in [2.45, 2.75) is 25.4 Å². The summed E-state index contributed by atoms with van der Waals surface area (Å²) in [6, 6.07) is 13.6. The van der Waals surface area contributed by atoms with Gasteiger partial charge in [0.2, 0.25) is 5.91 Å². The summed E-state index contributed by atoms with van der Waals surface area (Å²) in [6.45, 7) is 5.76. The molecular weight excluding hydrogens is 519 g/mol. The van der Waals surface area contributed by atoms with Gasteiger partial charge in [-0.05, 0) is 42.0 Å². The van der Waals surface area contributed by atoms with E-state index in [2.05, 4.69) is 14.9 Å². The van der Waals surface area contributed by atoms with Gasteiger partial charge < -0.3 is 14.9 Å². The molecule has 6 rings (SSSR count). The van der Waals surface area contributed by atoms with Crippen molar-refractivity contribution < 1.29 is 14.3 Å². The second kappa shape index (κ2) is 9.88. The van der Waals surface area contributed by atoms with Gasteiger partial charge in [-0.25, -0.2) is 13.9 Å². The molecule has 39 heavy (non-hydrogen) atoms. The van der Waals surface area contributed by atoms with Gasteiger partial charge in [-0.3, -0.25) is 9.78 Å². The van der Waals surface area contributed by atoms with E-state index in [1.165, 1.54) is 12.1 Å². The SMILES string of the molecule is CC1CN(C(=O)[C@@H]2CN(c3ccc4nccn4n3)C[C@H]2c2ccc(Cl)cn2)CC(C)C1(O)c1ccc(F)cc1. The molecule has 2 fully saturated rings. The number of hydrogen-bond donors (Lipinski definition) is 1. The van der Waals surface area contributed by atoms with Crippen LogP contribution in [0, 0.1) is 23.6 Å². The zero-order valence-electron chi connectivity index (χ0n) is 21.8. The number of fused-ring (bicyclic) bond motifs is 1. The van der Waals surface area contributed by atoms with E-state index in [9.17, 15) is 14.3 Å². The van der Waals surface area contributed by atoms with Crippen molar-refractivity contribution >= 4 is 29.0 Å². The number of benzene rings is 1. The van der Waals surface area contributed by atoms with Crippen LogP contribution in [-0.4, -0.2) is 61.7 Å². The highest BCUT2D eigenvalue weighted by atomic mass is 35.5. The van der Waals surface area contributed by atoms with E-state index in [0.717, 1.165) is 17.2 Å². The second-order valence-electron chi connectivity index (χ2n) is 10.8. The molecule has 2 saturated heterocycles. The Labute approximate surface area is 231 Å². The molecule has 0 aliphatic carbocycles. The fourth-order valence-corrected chi connectivity index (χ4v) is 6.43. The van der Waals surface area contributed by atoms with Gasteiger partial charge in [0.15, 0.2) is 5.65 Å². The highest BCUT2D eigenvalue weighted by Gasteiger charge is 2.49. The number of likely N-dealkylation sites (tertiary alicyclic amines) is 1. The summed E-state index contributed by atoms with van der Waals surface area (Å²) in [5, 5.41) is 17.0. The summed E-state index contributed by atoms with van der Waals surface area (Å²) in [5.41, 5.74) is 1.08. The number of hydrogen-bond acceptors (Lipinski definition) is 6. The van der Waals surface area contributed by atoms with E-state index in [0.29, 0.717) is 36.8 Å². The third-order valence-corrected chi connectivity index (χ3v) is 8.67. The van der Waals surface area contributed by atoms with Gasteiger partial charge in [0.25, 0.3) is 0 Å². The lowest BCUT2D eigenvalue weighted by Gasteiger charge is -2.48. The molecule has 0 radical (unpaired) electrons. The van der Waals surface area contributed by atoms with E-state index in [1.54, 1.807) is 41.3 Å². The van der Waals surface area contributed by atoms with Gasteiger partial charge in [-0.1, -0.05) is 37.6 Å². The third kappa shape index (κ3) is 4.53. The summed E-state index contributed by atoms with van der Waals surface area (Å²) in [6.07, 6.45) is 5.12. The molecule has 2 unspecified atom stereocenters. The molecule has 8 nitrogen and oxygen atoms in total. The zero-order valence-corrected chi connectivity index (χ0v) is 22.5. The van der Waals surface area contributed by atoms with Gasteiger partial charge in [0, 0.05) is 68.2 Å². The number of pyridine rings is 1. The topological polar surface area (TPSA) is 86.9 Å². The van der Waals surface area contributed by atoms with Crippen LogP contribution in [0.25, 0.3) is 5.65 Å². The number of piperidine rings is 1. The number of aliphatic hydroxyl groups is 1. The van der Waals surface area contributed by atoms with Gasteiger partial charge >= 0.3 is 0 Å². The molecule has 0 saturated carbocycles. The number of aromatic nitrogens is 4. The van der Waals surface area contributed by atoms with Crippen LogP contribution in [0.3, 0.4) is 0 Å². The van der Waals surface area contributed by atoms with Crippen molar-refractivity contribution in [3.8, 4) is 0 Å². The average Bonchev–Trinajstić information content (AvgIpc) is 3.59. The molecule has 202 valence electrons. The summed E-state index contributed by atoms with van der Waals surface area (Å²) in [7, 11) is 0. The van der Waals surface area contributed by atoms with Crippen LogP contribution in [0.15, 0.2) is 67.1 Å². The molecule has 2 aliphatic heterocycles. The molecule has 1 amide bonds. The van der Waals surface area contributed by atoms with Crippen LogP contribution < -0.4 is 4.90 Å². The summed E-state index contributed by atoms with van der Waals surface area (Å²) in [5.74, 6) is -0.543. The molecule has 10 heteroatoms. The van der Waals surface area contributed by atoms with Crippen LogP contribution in [0.1, 0.15) is 31.0 Å². The molecular formula is C29H30ClFN6O2. The quantitative estimate of drug-likeness (QED) is 0.412. The van der Waals surface area contributed by atoms with Crippen LogP contribution in [-0.2, 0) is 10.4 Å². The predicted octanol–water partition coefficient (Wildman–Crippen LogP) is 4.14. The predicted molar refractivity (Wildman–Crippen MR) is 146 cm³/mol. The fraction of sp³-hybridized carbons (Fsp3) is 0.379. The first-order valence-corrected chi connectivity index (χ1v) is 13.6. The molecule has 3 aromatic heterocycles. The molecule has 0 bridgehead atoms. The van der Waals surface area contributed by atoms with Gasteiger partial charge in [-0.2, -0.15) is 0 Å². The standard InChI is InChI=1S/C29H30ClFN6O2/c1-18-14-36(15-19(2)29(18,39)20-3-6-22(31)7-4-20)28(38)24-17-35(16-23(24)25-8-5-21(30)13-33-25)27-10-9-26-32-11-12-37(26)34-27/h3-13,18-19,23-24,39H,14-17H2,1-2H3/t18?,19?,23-,24-,29?/m1/s1. The Morgan fingerprint density at radius 1 is 1.00 bits per heavy atom. The summed E-state index contributed by atoms with van der Waals surface area (Å²) >= 11 is 6.12. The molecule has 5 heterocycles. The Kier molecular flexibility index (Phi) is 6.51. The zero-order chi connectivity index (χ0) is 27.3. The Morgan fingerprint density at radius 2 is 1.74 bits per heavy atom. The number of anilines is 1. The second-order valence-corrected chi connectivity index (χ2v) is 11.3. The van der Waals surface area contributed by atoms with E-state index < -0.39 is 5.60 Å². The summed E-state index contributed by atoms with van der Waals surface area (Å²) < 4.78 is 15.3. The number of rotatable bonds is 4. The van der Waals surface area contributed by atoms with E-state index in [4.69, 9.17) is 16.7 Å². The third-order valence-electron chi connectivity index (χ3n) is 8.44. The first kappa shape index (κ1) is 25.7. The maximum Gasteiger partial charge on any atom is 0.228 e. The lowest BCUT2D eigenvalue weighted by Crippen LogP contribution is -2.57. The average molecular weight is 549 g/mol. The normalized spacial score (nSPS) is 27.3. The Bertz CT molecular complexity index is 1480. The van der Waals surface area contributed by atoms with Crippen molar-refractivity contribution in [1.82, 2.24) is 24.5 Å². The maximum absolute atomic E-state index is 14.2. The van der Waals surface area contributed by atoms with Crippen molar-refractivity contribution in [3.05, 3.63) is 89.2 Å². The monoisotopic (exact) mass is 548 g/mol. The minimum Gasteiger partial charge on any atom is -0.384 e. The molecule has 4 atom stereocenters. The smallest absolute Gasteiger partial charge is 0.228 e. The van der Waals surface area contributed by atoms with E-state index in [1.807, 2.05) is 36.9 Å². The lowest BCUT2D eigenvalue weighted by atomic mass is 9.70. The Hall–Kier alpha value is -3.56. The molecule has 2 aliphatic rings. The van der Waals surface area contributed by atoms with Crippen LogP contribution in [0.5, 0.6) is 0 Å². The first-order chi connectivity index (χ1) is 18.7. The van der Waals surface area contributed by atoms with Crippen molar-refractivity contribution in [3.63, 3.8) is 0 Å². The number of imidazole rings is 1. The van der Waals surface area contributed by atoms with Crippen molar-refractivity contribution in [1.29, 1.82) is 0 Å². The lowest BCUT2D eigenvalue weighted by molar-refractivity contribution is -0.152. The number of amides is 1. The number of carbonyl (C=O) groups is 1. The first-order valence-electron chi connectivity index (χ1n) is 13.2. The van der Waals surface area contributed by atoms with Crippen LogP contribution >= 0.6 is 11.6 Å². The number of nitrogens with zero attached hydrogens (tertiary/aromatic N) is 6. The molecule has 1 N–H and O–H groups in total. The number of halogens is 2. The molecule has 4 aromatic rings. The van der Waals surface area contributed by atoms with Crippen molar-refractivity contribution in [2.75, 3.05) is 31.1 Å². The molecule has 1 aromatic carbocycles. The number of carbonyl (C=O) groups excluding carboxylic acids is 1. The van der Waals surface area contributed by atoms with Gasteiger partial charge in [0.1, 0.15) is 11.6 Å². The highest BCUT2D eigenvalue weighted by Crippen LogP contribution is 2.43. The van der Waals surface area contributed by atoms with Crippen LogP contribution in [0.2, 0.25) is 5.02 Å². The van der Waals surface area contributed by atoms with E-state index in [-0.39, 0.29) is 35.4 Å². The Balaban J connectivity index is 1.28. The summed E-state index contributed by atoms with van der Waals surface area (Å²) in [4.78, 5) is 27.0. The Morgan fingerprint density at radius 3 is 2.44 bits per heavy atom. The van der Waals surface area contributed by atoms with E-state index >= 15 is 0 Å². The largest absolute Gasteiger partial charge is 0.384 e. The fourth-order valence-electron chi connectivity index (χ4n) is 6.32. The van der Waals surface area contributed by atoms with Gasteiger partial charge in [0.05, 0.1) is 16.5 Å². The highest BCUT2D eigenvalue weighted by molar-refractivity contribution is 6.30. The minimum absolute atomic E-state index is 0.0304. The van der Waals surface area contributed by atoms with Gasteiger partial charge in [-0.15, -0.1) is 5.10 Å². The van der Waals surface area contributed by atoms with Crippen molar-refractivity contribution in [2.24, 2.45) is 17.8 Å².